The molecule has 0 aromatic carbocycles. The first-order valence-electron chi connectivity index (χ1n) is 1.18. The lowest BCUT2D eigenvalue weighted by Gasteiger charge is -1.74. The third kappa shape index (κ3) is 4.54. The first kappa shape index (κ1) is 5.54. The van der Waals surface area contributed by atoms with Gasteiger partial charge in [0.25, 0.3) is 7.42 Å². The highest BCUT2D eigenvalue weighted by atomic mass is 35.7. The van der Waals surface area contributed by atoms with Crippen molar-refractivity contribution < 1.29 is 1.43 Å². The summed E-state index contributed by atoms with van der Waals surface area (Å²) in [6.07, 6.45) is 0. The summed E-state index contributed by atoms with van der Waals surface area (Å²) in [6.45, 7) is 3.36. The maximum absolute atomic E-state index is 5.25. The van der Waals surface area contributed by atoms with Crippen LogP contribution in [0.15, 0.2) is 12.3 Å². The number of rotatable bonds is 1. The maximum atomic E-state index is 5.25. The van der Waals surface area contributed by atoms with Gasteiger partial charge in [-0.25, -0.2) is 0 Å². The van der Waals surface area contributed by atoms with Crippen molar-refractivity contribution in [2.75, 3.05) is 0 Å². The van der Waals surface area contributed by atoms with Gasteiger partial charge in [-0.05, 0) is 0 Å². The highest BCUT2D eigenvalue weighted by Crippen LogP contribution is 1.92. The van der Waals surface area contributed by atoms with E-state index in [0.717, 1.165) is 0 Å². The normalized spacial score (nSPS) is 8.60. The Balaban J connectivity index is 0. The molecule has 0 unspecified atom stereocenters. The standard InChI is InChI=1S/C2H4Cl2Si/c1-2-5(3)4/h2,5H,1H2/p+1. The molecule has 0 nitrogen and oxygen atoms in total. The lowest BCUT2D eigenvalue weighted by Crippen LogP contribution is -1.78. The molecule has 0 bridgehead atoms. The Hall–Kier alpha value is 0.537. The smallest absolute Gasteiger partial charge is 0.145 e. The van der Waals surface area contributed by atoms with Crippen LogP contribution in [-0.4, -0.2) is 7.42 Å². The van der Waals surface area contributed by atoms with E-state index in [-0.39, 0.29) is 1.43 Å². The Bertz CT molecular complexity index is 38.5. The largest absolute Gasteiger partial charge is 1.00 e. The summed E-state index contributed by atoms with van der Waals surface area (Å²) < 4.78 is 0. The maximum Gasteiger partial charge on any atom is 1.00 e. The fourth-order valence-corrected chi connectivity index (χ4v) is 0. The first-order valence-corrected chi connectivity index (χ1v) is 5.34. The number of hydrogen-bond acceptors (Lipinski definition) is 0. The zero-order valence-electron chi connectivity index (χ0n) is 3.62. The molecule has 0 aliphatic heterocycles. The minimum atomic E-state index is -1.44. The molecule has 0 amide bonds. The van der Waals surface area contributed by atoms with Gasteiger partial charge in [0, 0.05) is 0 Å². The summed E-state index contributed by atoms with van der Waals surface area (Å²) in [5.41, 5.74) is 1.59. The van der Waals surface area contributed by atoms with E-state index in [0.29, 0.717) is 0 Å². The lowest BCUT2D eigenvalue weighted by atomic mass is 11.3. The molecule has 0 spiro atoms. The fourth-order valence-electron chi connectivity index (χ4n) is 0. The van der Waals surface area contributed by atoms with E-state index in [4.69, 9.17) is 22.2 Å². The second-order valence-electron chi connectivity index (χ2n) is 0.570. The molecule has 3 heteroatoms. The molecule has 0 atom stereocenters. The second kappa shape index (κ2) is 2.76. The van der Waals surface area contributed by atoms with Gasteiger partial charge < -0.3 is 0 Å². The summed E-state index contributed by atoms with van der Waals surface area (Å²) in [6, 6.07) is 0. The van der Waals surface area contributed by atoms with Crippen LogP contribution in [0.25, 0.3) is 0 Å². The van der Waals surface area contributed by atoms with Crippen molar-refractivity contribution in [1.29, 1.82) is 0 Å². The van der Waals surface area contributed by atoms with Gasteiger partial charge in [-0.15, -0.1) is 28.7 Å². The molecule has 0 rings (SSSR count). The van der Waals surface area contributed by atoms with Gasteiger partial charge in [0.2, 0.25) is 0 Å². The van der Waals surface area contributed by atoms with Gasteiger partial charge in [-0.2, -0.15) is 0 Å². The molecule has 0 aromatic heterocycles. The topological polar surface area (TPSA) is 0 Å². The van der Waals surface area contributed by atoms with Gasteiger partial charge >= 0.3 is 1.43 Å². The van der Waals surface area contributed by atoms with E-state index >= 15 is 0 Å². The number of hydrogen-bond donors (Lipinski definition) is 0. The quantitative estimate of drug-likeness (QED) is 0.371. The summed E-state index contributed by atoms with van der Waals surface area (Å²) in [5, 5.41) is 0. The van der Waals surface area contributed by atoms with Crippen LogP contribution >= 0.6 is 22.2 Å². The van der Waals surface area contributed by atoms with Crippen molar-refractivity contribution in [1.82, 2.24) is 0 Å². The van der Waals surface area contributed by atoms with Crippen LogP contribution in [-0.2, 0) is 0 Å². The van der Waals surface area contributed by atoms with Crippen molar-refractivity contribution in [2.45, 2.75) is 0 Å². The zero-order valence-corrected chi connectivity index (χ0v) is 5.28. The van der Waals surface area contributed by atoms with Gasteiger partial charge in [-0.3, -0.25) is 0 Å². The van der Waals surface area contributed by atoms with Crippen LogP contribution in [0.1, 0.15) is 1.43 Å². The zero-order chi connectivity index (χ0) is 4.28. The Labute approximate surface area is 43.9 Å². The fraction of sp³-hybridized carbons (Fsp3) is 0. The van der Waals surface area contributed by atoms with E-state index in [1.165, 1.54) is 0 Å². The Morgan fingerprint density at radius 1 is 1.80 bits per heavy atom. The Morgan fingerprint density at radius 2 is 2.00 bits per heavy atom. The Morgan fingerprint density at radius 3 is 2.00 bits per heavy atom. The SMILES string of the molecule is C=C[SiH](Cl)Cl.[H+]. The summed E-state index contributed by atoms with van der Waals surface area (Å²) in [7, 11) is -1.44. The van der Waals surface area contributed by atoms with Crippen molar-refractivity contribution in [3.05, 3.63) is 12.3 Å². The van der Waals surface area contributed by atoms with Gasteiger partial charge in [0.05, 0.1) is 0 Å². The molecule has 30 valence electrons. The molecule has 0 heterocycles. The van der Waals surface area contributed by atoms with Crippen molar-refractivity contribution in [3.63, 3.8) is 0 Å². The monoisotopic (exact) mass is 127 g/mol. The average Bonchev–Trinajstić information content (AvgIpc) is 1.38. The summed E-state index contributed by atoms with van der Waals surface area (Å²) in [5.74, 6) is 0. The van der Waals surface area contributed by atoms with E-state index in [1.807, 2.05) is 0 Å². The van der Waals surface area contributed by atoms with Crippen molar-refractivity contribution in [2.24, 2.45) is 0 Å². The molecular weight excluding hydrogens is 123 g/mol. The van der Waals surface area contributed by atoms with Crippen molar-refractivity contribution in [3.8, 4) is 0 Å². The van der Waals surface area contributed by atoms with Gasteiger partial charge in [0.1, 0.15) is 0 Å². The van der Waals surface area contributed by atoms with Crippen LogP contribution < -0.4 is 0 Å². The molecule has 0 aromatic rings. The molecule has 5 heavy (non-hydrogen) atoms. The van der Waals surface area contributed by atoms with Crippen LogP contribution in [0.4, 0.5) is 0 Å². The average molecular weight is 128 g/mol. The third-order valence-electron chi connectivity index (χ3n) is 0.178. The minimum Gasteiger partial charge on any atom is -0.145 e. The molecule has 0 saturated heterocycles. The summed E-state index contributed by atoms with van der Waals surface area (Å²) >= 11 is 10.5. The Kier molecular flexibility index (Phi) is 3.05. The number of halogens is 2. The predicted octanol–water partition coefficient (Wildman–Crippen LogP) is 1.52. The van der Waals surface area contributed by atoms with Crippen LogP contribution in [0.3, 0.4) is 0 Å². The molecule has 0 aliphatic carbocycles. The summed E-state index contributed by atoms with van der Waals surface area (Å²) in [4.78, 5) is 0. The van der Waals surface area contributed by atoms with Crippen LogP contribution in [0.2, 0.25) is 0 Å². The van der Waals surface area contributed by atoms with E-state index in [1.54, 1.807) is 5.70 Å². The van der Waals surface area contributed by atoms with E-state index in [9.17, 15) is 0 Å². The van der Waals surface area contributed by atoms with E-state index in [2.05, 4.69) is 6.58 Å². The van der Waals surface area contributed by atoms with Gasteiger partial charge in [-0.1, -0.05) is 5.70 Å². The van der Waals surface area contributed by atoms with Crippen LogP contribution in [0.5, 0.6) is 0 Å². The van der Waals surface area contributed by atoms with Crippen LogP contribution in [0, 0.1) is 0 Å². The highest BCUT2D eigenvalue weighted by molar-refractivity contribution is 7.36. The van der Waals surface area contributed by atoms with Crippen molar-refractivity contribution >= 4 is 29.6 Å². The molecule has 0 fully saturated rings. The van der Waals surface area contributed by atoms with E-state index < -0.39 is 7.42 Å². The third-order valence-corrected chi connectivity index (χ3v) is 1.60. The minimum absolute atomic E-state index is 0. The predicted molar refractivity (Wildman–Crippen MR) is 30.2 cm³/mol. The first-order chi connectivity index (χ1) is 2.27. The molecule has 0 saturated carbocycles. The molecule has 0 aliphatic rings. The highest BCUT2D eigenvalue weighted by Gasteiger charge is 1.86. The van der Waals surface area contributed by atoms with Gasteiger partial charge in [0.15, 0.2) is 0 Å². The molecule has 0 N–H and O–H groups in total. The lowest BCUT2D eigenvalue weighted by molar-refractivity contribution is 2.58. The molecule has 0 radical (unpaired) electrons. The molecular formula is C2H5Cl2Si+. The second-order valence-corrected chi connectivity index (χ2v) is 5.20.